The molecule has 0 radical (unpaired) electrons. The summed E-state index contributed by atoms with van der Waals surface area (Å²) in [6.07, 6.45) is 5.91. The van der Waals surface area contributed by atoms with E-state index in [9.17, 15) is 5.11 Å². The highest BCUT2D eigenvalue weighted by molar-refractivity contribution is 5.33. The van der Waals surface area contributed by atoms with E-state index in [4.69, 9.17) is 0 Å². The zero-order chi connectivity index (χ0) is 16.8. The van der Waals surface area contributed by atoms with Gasteiger partial charge in [0, 0.05) is 32.0 Å². The minimum absolute atomic E-state index is 0.304. The molecule has 3 rings (SSSR count). The molecule has 1 aromatic heterocycles. The Hall–Kier alpha value is -1.69. The fraction of sp³-hybridized carbons (Fsp3) is 0.526. The van der Waals surface area contributed by atoms with Gasteiger partial charge in [-0.3, -0.25) is 0 Å². The maximum absolute atomic E-state index is 10.2. The normalized spacial score (nSPS) is 17.9. The number of β-amino-alcohol motifs (C(OH)–C–C–N with tert-alkyl or cyclic N) is 1. The number of aliphatic hydroxyl groups is 1. The second-order valence-corrected chi connectivity index (χ2v) is 6.88. The van der Waals surface area contributed by atoms with Crippen molar-refractivity contribution in [3.8, 4) is 5.69 Å². The smallest absolute Gasteiger partial charge is 0.0791 e. The lowest BCUT2D eigenvalue weighted by Gasteiger charge is -2.31. The van der Waals surface area contributed by atoms with E-state index in [0.717, 1.165) is 37.8 Å². The van der Waals surface area contributed by atoms with Gasteiger partial charge in [-0.15, -0.1) is 0 Å². The average Bonchev–Trinajstić information content (AvgIpc) is 3.12. The maximum Gasteiger partial charge on any atom is 0.0791 e. The van der Waals surface area contributed by atoms with Gasteiger partial charge in [-0.1, -0.05) is 19.1 Å². The van der Waals surface area contributed by atoms with Crippen molar-refractivity contribution >= 4 is 0 Å². The number of nitrogens with zero attached hydrogens (tertiary/aromatic N) is 3. The number of aliphatic hydroxyl groups excluding tert-OH is 1. The van der Waals surface area contributed by atoms with Gasteiger partial charge in [0.05, 0.1) is 11.8 Å². The van der Waals surface area contributed by atoms with Crippen molar-refractivity contribution in [2.45, 2.75) is 32.4 Å². The van der Waals surface area contributed by atoms with Crippen molar-refractivity contribution in [2.75, 3.05) is 26.2 Å². The third-order valence-electron chi connectivity index (χ3n) is 4.76. The summed E-state index contributed by atoms with van der Waals surface area (Å²) in [5.74, 6) is 0.834. The first-order valence-electron chi connectivity index (χ1n) is 8.91. The third-order valence-corrected chi connectivity index (χ3v) is 4.76. The maximum atomic E-state index is 10.2. The van der Waals surface area contributed by atoms with Crippen molar-refractivity contribution in [3.05, 3.63) is 48.3 Å². The molecule has 1 aliphatic rings. The summed E-state index contributed by atoms with van der Waals surface area (Å²) < 4.78 is 1.85. The van der Waals surface area contributed by atoms with Crippen LogP contribution in [0.3, 0.4) is 0 Å². The van der Waals surface area contributed by atoms with Crippen LogP contribution in [0.15, 0.2) is 42.7 Å². The van der Waals surface area contributed by atoms with Gasteiger partial charge in [0.2, 0.25) is 0 Å². The van der Waals surface area contributed by atoms with Crippen LogP contribution in [0.4, 0.5) is 0 Å². The van der Waals surface area contributed by atoms with Gasteiger partial charge in [-0.2, -0.15) is 5.10 Å². The summed E-state index contributed by atoms with van der Waals surface area (Å²) in [6, 6.07) is 10.2. The van der Waals surface area contributed by atoms with E-state index >= 15 is 0 Å². The Labute approximate surface area is 144 Å². The van der Waals surface area contributed by atoms with Crippen LogP contribution in [0.2, 0.25) is 0 Å². The number of rotatable bonds is 7. The highest BCUT2D eigenvalue weighted by Gasteiger charge is 2.17. The molecule has 1 aliphatic heterocycles. The molecule has 1 fully saturated rings. The first-order chi connectivity index (χ1) is 11.7. The summed E-state index contributed by atoms with van der Waals surface area (Å²) in [7, 11) is 0. The molecule has 24 heavy (non-hydrogen) atoms. The molecule has 2 aromatic rings. The standard InChI is InChI=1S/C19H28N4O/c1-16-7-11-22(12-8-16)15-19(24)14-20-13-17-3-5-18(6-4-17)23-10-2-9-21-23/h2-6,9-10,16,19-20,24H,7-8,11-15H2,1H3. The van der Waals surface area contributed by atoms with Crippen LogP contribution in [0.1, 0.15) is 25.3 Å². The van der Waals surface area contributed by atoms with Gasteiger partial charge in [0.1, 0.15) is 0 Å². The zero-order valence-electron chi connectivity index (χ0n) is 14.4. The lowest BCUT2D eigenvalue weighted by atomic mass is 9.99. The highest BCUT2D eigenvalue weighted by Crippen LogP contribution is 2.15. The number of hydrogen-bond donors (Lipinski definition) is 2. The average molecular weight is 328 g/mol. The van der Waals surface area contributed by atoms with Crippen LogP contribution in [0.5, 0.6) is 0 Å². The number of nitrogens with one attached hydrogen (secondary N) is 1. The predicted octanol–water partition coefficient (Wildman–Crippen LogP) is 2.05. The lowest BCUT2D eigenvalue weighted by molar-refractivity contribution is 0.0907. The molecular weight excluding hydrogens is 300 g/mol. The Morgan fingerprint density at radius 1 is 1.25 bits per heavy atom. The van der Waals surface area contributed by atoms with E-state index in [1.54, 1.807) is 6.20 Å². The topological polar surface area (TPSA) is 53.3 Å². The van der Waals surface area contributed by atoms with Gasteiger partial charge in [-0.25, -0.2) is 4.68 Å². The van der Waals surface area contributed by atoms with Crippen molar-refractivity contribution in [1.82, 2.24) is 20.0 Å². The van der Waals surface area contributed by atoms with Gasteiger partial charge in [0.25, 0.3) is 0 Å². The van der Waals surface area contributed by atoms with Crippen LogP contribution in [-0.2, 0) is 6.54 Å². The largest absolute Gasteiger partial charge is 0.390 e. The molecule has 2 heterocycles. The van der Waals surface area contributed by atoms with Gasteiger partial charge in [0.15, 0.2) is 0 Å². The van der Waals surface area contributed by atoms with Gasteiger partial charge >= 0.3 is 0 Å². The fourth-order valence-corrected chi connectivity index (χ4v) is 3.18. The summed E-state index contributed by atoms with van der Waals surface area (Å²) in [5.41, 5.74) is 2.27. The summed E-state index contributed by atoms with van der Waals surface area (Å²) >= 11 is 0. The van der Waals surface area contributed by atoms with Crippen LogP contribution in [-0.4, -0.2) is 52.1 Å². The second kappa shape index (κ2) is 8.42. The zero-order valence-corrected chi connectivity index (χ0v) is 14.4. The molecule has 1 aromatic carbocycles. The molecule has 0 bridgehead atoms. The lowest BCUT2D eigenvalue weighted by Crippen LogP contribution is -2.41. The summed E-state index contributed by atoms with van der Waals surface area (Å²) in [6.45, 7) is 6.73. The molecular formula is C19H28N4O. The number of hydrogen-bond acceptors (Lipinski definition) is 4. The summed E-state index contributed by atoms with van der Waals surface area (Å²) in [5, 5.41) is 17.8. The van der Waals surface area contributed by atoms with Gasteiger partial charge < -0.3 is 15.3 Å². The highest BCUT2D eigenvalue weighted by atomic mass is 16.3. The monoisotopic (exact) mass is 328 g/mol. The minimum atomic E-state index is -0.304. The Morgan fingerprint density at radius 2 is 2.00 bits per heavy atom. The van der Waals surface area contributed by atoms with E-state index < -0.39 is 0 Å². The number of aromatic nitrogens is 2. The third kappa shape index (κ3) is 4.90. The number of benzene rings is 1. The van der Waals surface area contributed by atoms with Crippen LogP contribution >= 0.6 is 0 Å². The Kier molecular flexibility index (Phi) is 6.01. The molecule has 0 spiro atoms. The van der Waals surface area contributed by atoms with Crippen LogP contribution in [0, 0.1) is 5.92 Å². The molecule has 2 N–H and O–H groups in total. The van der Waals surface area contributed by atoms with E-state index in [1.807, 2.05) is 16.9 Å². The molecule has 0 aliphatic carbocycles. The molecule has 5 nitrogen and oxygen atoms in total. The predicted molar refractivity (Wildman–Crippen MR) is 96.1 cm³/mol. The van der Waals surface area contributed by atoms with Crippen LogP contribution < -0.4 is 5.32 Å². The molecule has 0 saturated carbocycles. The fourth-order valence-electron chi connectivity index (χ4n) is 3.18. The van der Waals surface area contributed by atoms with Gasteiger partial charge in [-0.05, 0) is 55.6 Å². The van der Waals surface area contributed by atoms with Crippen molar-refractivity contribution in [3.63, 3.8) is 0 Å². The van der Waals surface area contributed by atoms with Crippen molar-refractivity contribution in [2.24, 2.45) is 5.92 Å². The first-order valence-corrected chi connectivity index (χ1v) is 8.91. The SMILES string of the molecule is CC1CCN(CC(O)CNCc2ccc(-n3cccn3)cc2)CC1. The first kappa shape index (κ1) is 17.1. The molecule has 0 amide bonds. The Morgan fingerprint density at radius 3 is 2.67 bits per heavy atom. The van der Waals surface area contributed by atoms with Crippen molar-refractivity contribution < 1.29 is 5.11 Å². The van der Waals surface area contributed by atoms with E-state index in [-0.39, 0.29) is 6.10 Å². The summed E-state index contributed by atoms with van der Waals surface area (Å²) in [4.78, 5) is 2.38. The van der Waals surface area contributed by atoms with Crippen molar-refractivity contribution in [1.29, 1.82) is 0 Å². The second-order valence-electron chi connectivity index (χ2n) is 6.88. The molecule has 1 saturated heterocycles. The molecule has 130 valence electrons. The van der Waals surface area contributed by atoms with Crippen LogP contribution in [0.25, 0.3) is 5.69 Å². The Bertz CT molecular complexity index is 588. The Balaban J connectivity index is 1.38. The minimum Gasteiger partial charge on any atom is -0.390 e. The van der Waals surface area contributed by atoms with E-state index in [1.165, 1.54) is 18.4 Å². The quantitative estimate of drug-likeness (QED) is 0.817. The molecule has 5 heteroatoms. The van der Waals surface area contributed by atoms with E-state index in [2.05, 4.69) is 46.5 Å². The van der Waals surface area contributed by atoms with E-state index in [0.29, 0.717) is 6.54 Å². The number of likely N-dealkylation sites (tertiary alicyclic amines) is 1. The molecule has 1 atom stereocenters. The number of piperidine rings is 1. The molecule has 1 unspecified atom stereocenters.